The average Bonchev–Trinajstić information content (AvgIpc) is 2.70. The summed E-state index contributed by atoms with van der Waals surface area (Å²) in [5.41, 5.74) is 1.65. The zero-order valence-electron chi connectivity index (χ0n) is 15.3. The summed E-state index contributed by atoms with van der Waals surface area (Å²) in [5, 5.41) is 2.01. The number of rotatable bonds is 6. The lowest BCUT2D eigenvalue weighted by Gasteiger charge is -2.07. The average molecular weight is 360 g/mol. The highest BCUT2D eigenvalue weighted by Crippen LogP contribution is 2.23. The van der Waals surface area contributed by atoms with Crippen LogP contribution in [-0.2, 0) is 20.9 Å². The number of ketones is 1. The number of esters is 1. The fourth-order valence-electron chi connectivity index (χ4n) is 2.73. The van der Waals surface area contributed by atoms with Crippen molar-refractivity contribution in [3.63, 3.8) is 0 Å². The fourth-order valence-corrected chi connectivity index (χ4v) is 2.73. The van der Waals surface area contributed by atoms with Crippen LogP contribution in [-0.4, -0.2) is 18.9 Å². The summed E-state index contributed by atoms with van der Waals surface area (Å²) >= 11 is 0. The van der Waals surface area contributed by atoms with Gasteiger partial charge in [-0.3, -0.25) is 4.79 Å². The van der Waals surface area contributed by atoms with Crippen molar-refractivity contribution in [2.75, 3.05) is 7.11 Å². The Morgan fingerprint density at radius 1 is 0.926 bits per heavy atom. The predicted octanol–water partition coefficient (Wildman–Crippen LogP) is 4.56. The third-order valence-electron chi connectivity index (χ3n) is 4.19. The van der Waals surface area contributed by atoms with Gasteiger partial charge in [0.2, 0.25) is 0 Å². The van der Waals surface area contributed by atoms with Crippen LogP contribution in [0.15, 0.2) is 72.3 Å². The van der Waals surface area contributed by atoms with Crippen molar-refractivity contribution in [2.45, 2.75) is 13.5 Å². The molecule has 4 heteroatoms. The van der Waals surface area contributed by atoms with Crippen LogP contribution in [0.25, 0.3) is 16.8 Å². The first-order chi connectivity index (χ1) is 13.1. The molecule has 3 aromatic carbocycles. The Morgan fingerprint density at radius 3 is 2.33 bits per heavy atom. The Kier molecular flexibility index (Phi) is 5.67. The van der Waals surface area contributed by atoms with E-state index in [0.717, 1.165) is 27.6 Å². The molecule has 0 N–H and O–H groups in total. The quantitative estimate of drug-likeness (QED) is 0.280. The second kappa shape index (κ2) is 8.32. The molecular formula is C23H20O4. The van der Waals surface area contributed by atoms with Crippen molar-refractivity contribution in [3.8, 4) is 5.75 Å². The molecule has 0 saturated carbocycles. The van der Waals surface area contributed by atoms with Gasteiger partial charge in [-0.15, -0.1) is 0 Å². The minimum absolute atomic E-state index is 0.0267. The molecule has 0 fully saturated rings. The smallest absolute Gasteiger partial charge is 0.342 e. The van der Waals surface area contributed by atoms with Crippen molar-refractivity contribution in [2.24, 2.45) is 0 Å². The molecule has 4 nitrogen and oxygen atoms in total. The summed E-state index contributed by atoms with van der Waals surface area (Å²) in [7, 11) is 1.62. The maximum atomic E-state index is 12.4. The maximum Gasteiger partial charge on any atom is 0.342 e. The van der Waals surface area contributed by atoms with Gasteiger partial charge in [0.15, 0.2) is 5.78 Å². The Bertz CT molecular complexity index is 1000. The first-order valence-corrected chi connectivity index (χ1v) is 8.58. The highest BCUT2D eigenvalue weighted by Gasteiger charge is 2.16. The summed E-state index contributed by atoms with van der Waals surface area (Å²) in [6.07, 6.45) is 1.57. The molecule has 0 heterocycles. The summed E-state index contributed by atoms with van der Waals surface area (Å²) in [6.45, 7) is 1.49. The van der Waals surface area contributed by atoms with Gasteiger partial charge in [0, 0.05) is 0 Å². The van der Waals surface area contributed by atoms with Gasteiger partial charge in [-0.25, -0.2) is 4.79 Å². The van der Waals surface area contributed by atoms with Crippen molar-refractivity contribution in [1.29, 1.82) is 0 Å². The first-order valence-electron chi connectivity index (χ1n) is 8.58. The van der Waals surface area contributed by atoms with E-state index in [2.05, 4.69) is 0 Å². The molecule has 0 aliphatic carbocycles. The monoisotopic (exact) mass is 360 g/mol. The fraction of sp³-hybridized carbons (Fsp3) is 0.130. The van der Waals surface area contributed by atoms with E-state index in [-0.39, 0.29) is 18.0 Å². The molecular weight excluding hydrogens is 340 g/mol. The van der Waals surface area contributed by atoms with Crippen molar-refractivity contribution in [1.82, 2.24) is 0 Å². The normalized spacial score (nSPS) is 11.3. The van der Waals surface area contributed by atoms with E-state index >= 15 is 0 Å². The molecule has 3 rings (SSSR count). The number of methoxy groups -OCH3 is 1. The highest BCUT2D eigenvalue weighted by atomic mass is 16.5. The lowest BCUT2D eigenvalue weighted by molar-refractivity contribution is -0.141. The SMILES string of the molecule is COc1ccc2cc(/C=C(/C(C)=O)C(=O)OCc3ccccc3)ccc2c1. The highest BCUT2D eigenvalue weighted by molar-refractivity contribution is 6.19. The second-order valence-corrected chi connectivity index (χ2v) is 6.15. The Balaban J connectivity index is 1.83. The molecule has 0 saturated heterocycles. The molecule has 0 aliphatic rings. The minimum Gasteiger partial charge on any atom is -0.497 e. The van der Waals surface area contributed by atoms with Crippen LogP contribution in [0, 0.1) is 0 Å². The topological polar surface area (TPSA) is 52.6 Å². The molecule has 0 radical (unpaired) electrons. The van der Waals surface area contributed by atoms with Crippen LogP contribution in [0.2, 0.25) is 0 Å². The van der Waals surface area contributed by atoms with E-state index in [1.807, 2.05) is 66.7 Å². The van der Waals surface area contributed by atoms with E-state index in [9.17, 15) is 9.59 Å². The van der Waals surface area contributed by atoms with Gasteiger partial charge < -0.3 is 9.47 Å². The van der Waals surface area contributed by atoms with E-state index in [1.165, 1.54) is 6.92 Å². The van der Waals surface area contributed by atoms with E-state index < -0.39 is 5.97 Å². The minimum atomic E-state index is -0.624. The van der Waals surface area contributed by atoms with Gasteiger partial charge in [-0.2, -0.15) is 0 Å². The summed E-state index contributed by atoms with van der Waals surface area (Å²) in [4.78, 5) is 24.3. The van der Waals surface area contributed by atoms with Crippen LogP contribution in [0.4, 0.5) is 0 Å². The number of carbonyl (C=O) groups excluding carboxylic acids is 2. The van der Waals surface area contributed by atoms with E-state index in [0.29, 0.717) is 0 Å². The van der Waals surface area contributed by atoms with Crippen LogP contribution in [0.3, 0.4) is 0 Å². The number of fused-ring (bicyclic) bond motifs is 1. The Morgan fingerprint density at radius 2 is 1.63 bits per heavy atom. The molecule has 0 aliphatic heterocycles. The van der Waals surface area contributed by atoms with E-state index in [1.54, 1.807) is 13.2 Å². The number of hydrogen-bond donors (Lipinski definition) is 0. The Hall–Kier alpha value is -3.40. The molecule has 136 valence electrons. The summed E-state index contributed by atoms with van der Waals surface area (Å²) in [6, 6.07) is 20.8. The zero-order valence-corrected chi connectivity index (χ0v) is 15.3. The van der Waals surface area contributed by atoms with Gasteiger partial charge >= 0.3 is 5.97 Å². The Labute approximate surface area is 158 Å². The molecule has 27 heavy (non-hydrogen) atoms. The van der Waals surface area contributed by atoms with E-state index in [4.69, 9.17) is 9.47 Å². The molecule has 0 bridgehead atoms. The first kappa shape index (κ1) is 18.4. The number of carbonyl (C=O) groups is 2. The van der Waals surface area contributed by atoms with Gasteiger partial charge in [0.05, 0.1) is 7.11 Å². The van der Waals surface area contributed by atoms with Crippen LogP contribution in [0.5, 0.6) is 5.75 Å². The van der Waals surface area contributed by atoms with Crippen LogP contribution in [0.1, 0.15) is 18.1 Å². The van der Waals surface area contributed by atoms with Crippen LogP contribution < -0.4 is 4.74 Å². The third-order valence-corrected chi connectivity index (χ3v) is 4.19. The largest absolute Gasteiger partial charge is 0.497 e. The number of ether oxygens (including phenoxy) is 2. The maximum absolute atomic E-state index is 12.4. The molecule has 0 atom stereocenters. The lowest BCUT2D eigenvalue weighted by Crippen LogP contribution is -2.13. The van der Waals surface area contributed by atoms with Gasteiger partial charge in [0.25, 0.3) is 0 Å². The number of benzene rings is 3. The van der Waals surface area contributed by atoms with Crippen molar-refractivity contribution < 1.29 is 19.1 Å². The molecule has 0 aromatic heterocycles. The van der Waals surface area contributed by atoms with Gasteiger partial charge in [-0.05, 0) is 53.1 Å². The van der Waals surface area contributed by atoms with Gasteiger partial charge in [0.1, 0.15) is 17.9 Å². The van der Waals surface area contributed by atoms with Crippen molar-refractivity contribution in [3.05, 3.63) is 83.4 Å². The number of Topliss-reactive ketones (excluding diaryl/α,β-unsaturated/α-hetero) is 1. The third kappa shape index (κ3) is 4.61. The summed E-state index contributed by atoms with van der Waals surface area (Å²) in [5.74, 6) is -0.177. The lowest BCUT2D eigenvalue weighted by atomic mass is 10.0. The van der Waals surface area contributed by atoms with Gasteiger partial charge in [-0.1, -0.05) is 48.5 Å². The van der Waals surface area contributed by atoms with Crippen LogP contribution >= 0.6 is 0 Å². The standard InChI is InChI=1S/C23H20O4/c1-16(24)22(23(25)27-15-17-6-4-3-5-7-17)13-18-8-9-20-14-21(26-2)11-10-19(20)12-18/h3-14H,15H2,1-2H3/b22-13-. The zero-order chi connectivity index (χ0) is 19.2. The molecule has 0 unspecified atom stereocenters. The predicted molar refractivity (Wildman–Crippen MR) is 105 cm³/mol. The molecule has 0 spiro atoms. The number of hydrogen-bond acceptors (Lipinski definition) is 4. The molecule has 3 aromatic rings. The summed E-state index contributed by atoms with van der Waals surface area (Å²) < 4.78 is 10.5. The second-order valence-electron chi connectivity index (χ2n) is 6.15. The molecule has 0 amide bonds. The van der Waals surface area contributed by atoms with Crippen molar-refractivity contribution >= 4 is 28.6 Å².